The van der Waals surface area contributed by atoms with Gasteiger partial charge in [0.25, 0.3) is 0 Å². The molecule has 0 spiro atoms. The molecule has 2 aromatic carbocycles. The summed E-state index contributed by atoms with van der Waals surface area (Å²) in [4.78, 5) is 52.3. The van der Waals surface area contributed by atoms with E-state index in [0.29, 0.717) is 27.6 Å². The molecule has 0 fully saturated rings. The molecule has 180 valence electrons. The number of aliphatic hydroxyl groups is 1. The molecule has 0 amide bonds. The van der Waals surface area contributed by atoms with Crippen molar-refractivity contribution in [1.82, 2.24) is 0 Å². The van der Waals surface area contributed by atoms with E-state index in [1.807, 2.05) is 0 Å². The fourth-order valence-corrected chi connectivity index (χ4v) is 4.81. The second-order valence-electron chi connectivity index (χ2n) is 7.58. The molecule has 0 saturated carbocycles. The van der Waals surface area contributed by atoms with Crippen LogP contribution in [0.15, 0.2) is 70.6 Å². The molecule has 0 aromatic heterocycles. The highest BCUT2D eigenvalue weighted by Crippen LogP contribution is 2.50. The fourth-order valence-electron chi connectivity index (χ4n) is 3.63. The topological polar surface area (TPSA) is 119 Å². The number of benzene rings is 2. The third kappa shape index (κ3) is 4.84. The zero-order valence-electron chi connectivity index (χ0n) is 18.7. The minimum absolute atomic E-state index is 0.0180. The molecule has 0 bridgehead atoms. The highest BCUT2D eigenvalue weighted by atomic mass is 32.2. The Balaban J connectivity index is 1.59. The lowest BCUT2D eigenvalue weighted by atomic mass is 10.1. The number of hydrogen-bond acceptors (Lipinski definition) is 10. The predicted octanol–water partition coefficient (Wildman–Crippen LogP) is 2.53. The molecule has 1 aliphatic carbocycles. The lowest BCUT2D eigenvalue weighted by Gasteiger charge is -2.21. The van der Waals surface area contributed by atoms with Gasteiger partial charge in [0.2, 0.25) is 0 Å². The van der Waals surface area contributed by atoms with E-state index in [1.54, 1.807) is 42.5 Å². The maximum absolute atomic E-state index is 13.1. The van der Waals surface area contributed by atoms with Crippen LogP contribution in [0.3, 0.4) is 0 Å². The van der Waals surface area contributed by atoms with Crippen LogP contribution in [0.5, 0.6) is 5.75 Å². The van der Waals surface area contributed by atoms with Gasteiger partial charge in [0.15, 0.2) is 11.6 Å². The molecule has 0 radical (unpaired) electrons. The summed E-state index contributed by atoms with van der Waals surface area (Å²) >= 11 is 1.20. The third-order valence-electron chi connectivity index (χ3n) is 5.30. The van der Waals surface area contributed by atoms with Crippen LogP contribution < -0.4 is 9.64 Å². The molecule has 4 rings (SSSR count). The number of fused-ring (bicyclic) bond motifs is 2. The van der Waals surface area contributed by atoms with Gasteiger partial charge in [-0.3, -0.25) is 14.4 Å². The first-order valence-electron chi connectivity index (χ1n) is 10.5. The predicted molar refractivity (Wildman–Crippen MR) is 126 cm³/mol. The lowest BCUT2D eigenvalue weighted by molar-refractivity contribution is -0.148. The number of thioether (sulfide) groups is 1. The van der Waals surface area contributed by atoms with Gasteiger partial charge in [-0.2, -0.15) is 0 Å². The minimum atomic E-state index is -1.23. The zero-order valence-corrected chi connectivity index (χ0v) is 19.5. The van der Waals surface area contributed by atoms with Gasteiger partial charge in [-0.1, -0.05) is 42.6 Å². The molecule has 2 aromatic rings. The van der Waals surface area contributed by atoms with E-state index in [2.05, 4.69) is 6.58 Å². The Morgan fingerprint density at radius 1 is 1.09 bits per heavy atom. The Hall–Kier alpha value is -3.89. The van der Waals surface area contributed by atoms with Crippen molar-refractivity contribution in [3.63, 3.8) is 0 Å². The number of anilines is 1. The van der Waals surface area contributed by atoms with Crippen molar-refractivity contribution in [2.45, 2.75) is 11.0 Å². The second-order valence-corrected chi connectivity index (χ2v) is 8.61. The average Bonchev–Trinajstić information content (AvgIpc) is 3.34. The number of esters is 2. The van der Waals surface area contributed by atoms with Crippen LogP contribution in [0.25, 0.3) is 0 Å². The molecule has 1 aliphatic heterocycles. The normalized spacial score (nSPS) is 15.0. The van der Waals surface area contributed by atoms with Gasteiger partial charge in [0.1, 0.15) is 37.2 Å². The maximum atomic E-state index is 13.1. The summed E-state index contributed by atoms with van der Waals surface area (Å²) in [6.07, 6.45) is -0.275. The number of hydrogen-bond donors (Lipinski definition) is 1. The number of Topliss-reactive ketones (excluding diaryl/α,β-unsaturated/α-hetero) is 2. The highest BCUT2D eigenvalue weighted by molar-refractivity contribution is 8.03. The van der Waals surface area contributed by atoms with E-state index in [-0.39, 0.29) is 18.7 Å². The van der Waals surface area contributed by atoms with Crippen molar-refractivity contribution < 1.29 is 38.5 Å². The van der Waals surface area contributed by atoms with Gasteiger partial charge in [0, 0.05) is 28.2 Å². The zero-order chi connectivity index (χ0) is 25.1. The van der Waals surface area contributed by atoms with Crippen molar-refractivity contribution >= 4 is 41.0 Å². The van der Waals surface area contributed by atoms with Gasteiger partial charge in [0.05, 0.1) is 17.8 Å². The fraction of sp³-hybridized carbons (Fsp3) is 0.200. The molecule has 1 heterocycles. The van der Waals surface area contributed by atoms with Gasteiger partial charge in [-0.05, 0) is 12.1 Å². The summed E-state index contributed by atoms with van der Waals surface area (Å²) in [6, 6.07) is 11.8. The van der Waals surface area contributed by atoms with Crippen LogP contribution in [0, 0.1) is 0 Å². The molecule has 9 nitrogen and oxygen atoms in total. The van der Waals surface area contributed by atoms with Crippen LogP contribution in [0.2, 0.25) is 0 Å². The van der Waals surface area contributed by atoms with E-state index in [1.165, 1.54) is 23.8 Å². The first-order valence-corrected chi connectivity index (χ1v) is 11.3. The van der Waals surface area contributed by atoms with Crippen LogP contribution in [-0.4, -0.2) is 61.6 Å². The van der Waals surface area contributed by atoms with Crippen molar-refractivity contribution in [3.8, 4) is 5.75 Å². The number of aliphatic hydroxyl groups excluding tert-OH is 1. The SMILES string of the molecule is C=CC(=O)OCC(O)COC(=O)CN1C(=C2C(=O)c3ccccc3C2=O)Sc2ccc(OC)cc21. The van der Waals surface area contributed by atoms with E-state index < -0.39 is 36.2 Å². The Morgan fingerprint density at radius 2 is 1.74 bits per heavy atom. The first kappa shape index (κ1) is 24.2. The Kier molecular flexibility index (Phi) is 7.04. The maximum Gasteiger partial charge on any atom is 0.330 e. The first-order chi connectivity index (χ1) is 16.8. The smallest absolute Gasteiger partial charge is 0.330 e. The quantitative estimate of drug-likeness (QED) is 0.332. The van der Waals surface area contributed by atoms with E-state index in [4.69, 9.17) is 14.2 Å². The van der Waals surface area contributed by atoms with E-state index in [0.717, 1.165) is 11.0 Å². The number of methoxy groups -OCH3 is 1. The highest BCUT2D eigenvalue weighted by Gasteiger charge is 2.40. The van der Waals surface area contributed by atoms with Gasteiger partial charge in [-0.15, -0.1) is 0 Å². The third-order valence-corrected chi connectivity index (χ3v) is 6.48. The summed E-state index contributed by atoms with van der Waals surface area (Å²) in [5.41, 5.74) is 1.18. The monoisotopic (exact) mass is 495 g/mol. The van der Waals surface area contributed by atoms with Crippen molar-refractivity contribution in [3.05, 3.63) is 76.8 Å². The van der Waals surface area contributed by atoms with Gasteiger partial charge < -0.3 is 24.2 Å². The Morgan fingerprint density at radius 3 is 2.37 bits per heavy atom. The number of carbonyl (C=O) groups is 4. The number of rotatable bonds is 8. The standard InChI is InChI=1S/C25H21NO8S/c1-3-20(28)33-12-14(27)13-34-21(29)11-26-18-10-15(32-2)8-9-19(18)35-25(26)22-23(30)16-6-4-5-7-17(16)24(22)31/h3-10,14,27H,1,11-13H2,2H3. The summed E-state index contributed by atoms with van der Waals surface area (Å²) < 4.78 is 15.2. The molecular formula is C25H21NO8S. The van der Waals surface area contributed by atoms with Crippen LogP contribution >= 0.6 is 11.8 Å². The largest absolute Gasteiger partial charge is 0.497 e. The van der Waals surface area contributed by atoms with Gasteiger partial charge in [-0.25, -0.2) is 4.79 Å². The molecule has 1 unspecified atom stereocenters. The molecular weight excluding hydrogens is 474 g/mol. The number of ether oxygens (including phenoxy) is 3. The second kappa shape index (κ2) is 10.2. The van der Waals surface area contributed by atoms with E-state index >= 15 is 0 Å². The van der Waals surface area contributed by atoms with Crippen molar-refractivity contribution in [2.24, 2.45) is 0 Å². The van der Waals surface area contributed by atoms with Gasteiger partial charge >= 0.3 is 11.9 Å². The molecule has 10 heteroatoms. The lowest BCUT2D eigenvalue weighted by Crippen LogP contribution is -2.32. The number of allylic oxidation sites excluding steroid dienone is 1. The minimum Gasteiger partial charge on any atom is -0.497 e. The summed E-state index contributed by atoms with van der Waals surface area (Å²) in [5, 5.41) is 10.2. The van der Waals surface area contributed by atoms with Crippen LogP contribution in [0.4, 0.5) is 5.69 Å². The summed E-state index contributed by atoms with van der Waals surface area (Å²) in [5.74, 6) is -1.72. The summed E-state index contributed by atoms with van der Waals surface area (Å²) in [6.45, 7) is 2.14. The number of carbonyl (C=O) groups excluding carboxylic acids is 4. The summed E-state index contributed by atoms with van der Waals surface area (Å²) in [7, 11) is 1.50. The Bertz CT molecular complexity index is 1230. The molecule has 1 atom stereocenters. The average molecular weight is 496 g/mol. The van der Waals surface area contributed by atoms with Crippen molar-refractivity contribution in [1.29, 1.82) is 0 Å². The molecule has 2 aliphatic rings. The van der Waals surface area contributed by atoms with Crippen LogP contribution in [-0.2, 0) is 19.1 Å². The Labute approximate surface area is 205 Å². The van der Waals surface area contributed by atoms with E-state index in [9.17, 15) is 24.3 Å². The molecule has 35 heavy (non-hydrogen) atoms. The number of nitrogens with zero attached hydrogens (tertiary/aromatic N) is 1. The number of ketones is 2. The molecule has 1 N–H and O–H groups in total. The van der Waals surface area contributed by atoms with Crippen LogP contribution in [0.1, 0.15) is 20.7 Å². The van der Waals surface area contributed by atoms with Crippen molar-refractivity contribution in [2.75, 3.05) is 31.8 Å². The molecule has 0 saturated heterocycles.